The van der Waals surface area contributed by atoms with E-state index in [-0.39, 0.29) is 16.5 Å². The van der Waals surface area contributed by atoms with Gasteiger partial charge < -0.3 is 19.9 Å². The van der Waals surface area contributed by atoms with Crippen molar-refractivity contribution in [2.75, 3.05) is 13.7 Å². The molecule has 0 saturated heterocycles. The van der Waals surface area contributed by atoms with Crippen molar-refractivity contribution >= 4 is 23.5 Å². The van der Waals surface area contributed by atoms with Crippen molar-refractivity contribution in [2.24, 2.45) is 5.92 Å². The van der Waals surface area contributed by atoms with Crippen LogP contribution in [0.4, 0.5) is 0 Å². The Hall–Kier alpha value is -1.95. The fraction of sp³-hybridized carbons (Fsp3) is 0.500. The summed E-state index contributed by atoms with van der Waals surface area (Å²) in [4.78, 5) is 23.5. The molecule has 2 N–H and O–H groups in total. The van der Waals surface area contributed by atoms with Crippen LogP contribution in [-0.4, -0.2) is 36.7 Å². The fourth-order valence-electron chi connectivity index (χ4n) is 2.07. The van der Waals surface area contributed by atoms with E-state index in [4.69, 9.17) is 21.1 Å². The molecule has 0 aliphatic carbocycles. The normalized spacial score (nSPS) is 11.9. The van der Waals surface area contributed by atoms with E-state index in [0.717, 1.165) is 0 Å². The number of benzene rings is 1. The second-order valence-corrected chi connectivity index (χ2v) is 5.82. The number of carboxylic acids is 1. The van der Waals surface area contributed by atoms with Crippen molar-refractivity contribution in [1.29, 1.82) is 0 Å². The van der Waals surface area contributed by atoms with E-state index in [1.54, 1.807) is 6.92 Å². The Labute approximate surface area is 140 Å². The molecule has 0 fully saturated rings. The summed E-state index contributed by atoms with van der Waals surface area (Å²) in [6.45, 7) is 5.98. The Kier molecular flexibility index (Phi) is 7.16. The molecular weight excluding hydrogens is 322 g/mol. The number of hydrogen-bond acceptors (Lipinski definition) is 4. The highest BCUT2D eigenvalue weighted by molar-refractivity contribution is 6.32. The van der Waals surface area contributed by atoms with Gasteiger partial charge in [0.1, 0.15) is 6.04 Å². The summed E-state index contributed by atoms with van der Waals surface area (Å²) >= 11 is 6.12. The van der Waals surface area contributed by atoms with Crippen LogP contribution in [0.5, 0.6) is 11.5 Å². The topological polar surface area (TPSA) is 84.9 Å². The quantitative estimate of drug-likeness (QED) is 0.758. The zero-order valence-electron chi connectivity index (χ0n) is 13.7. The summed E-state index contributed by atoms with van der Waals surface area (Å²) < 4.78 is 10.6. The summed E-state index contributed by atoms with van der Waals surface area (Å²) in [5.41, 5.74) is 0.213. The van der Waals surface area contributed by atoms with Gasteiger partial charge >= 0.3 is 5.97 Å². The SMILES string of the molecule is CCOc1c(Cl)cc(C(=O)N[C@@H](CC(C)C)C(=O)O)cc1OC. The van der Waals surface area contributed by atoms with Crippen molar-refractivity contribution in [3.05, 3.63) is 22.7 Å². The molecule has 0 aliphatic rings. The number of carbonyl (C=O) groups excluding carboxylic acids is 1. The third-order valence-electron chi connectivity index (χ3n) is 3.09. The van der Waals surface area contributed by atoms with E-state index in [1.807, 2.05) is 13.8 Å². The number of carboxylic acid groups (broad SMARTS) is 1. The number of carbonyl (C=O) groups is 2. The summed E-state index contributed by atoms with van der Waals surface area (Å²) in [6.07, 6.45) is 0.336. The van der Waals surface area contributed by atoms with Crippen molar-refractivity contribution in [2.45, 2.75) is 33.2 Å². The summed E-state index contributed by atoms with van der Waals surface area (Å²) in [7, 11) is 1.44. The van der Waals surface area contributed by atoms with Crippen LogP contribution in [0.25, 0.3) is 0 Å². The minimum atomic E-state index is -1.07. The average Bonchev–Trinajstić information content (AvgIpc) is 2.47. The minimum absolute atomic E-state index is 0.134. The highest BCUT2D eigenvalue weighted by atomic mass is 35.5. The van der Waals surface area contributed by atoms with Gasteiger partial charge in [0, 0.05) is 5.56 Å². The standard InChI is InChI=1S/C16H22ClNO5/c1-5-23-14-11(17)7-10(8-13(14)22-4)15(19)18-12(16(20)21)6-9(2)3/h7-9,12H,5-6H2,1-4H3,(H,18,19)(H,20,21)/t12-/m0/s1. The molecule has 128 valence electrons. The summed E-state index contributed by atoms with van der Waals surface area (Å²) in [5.74, 6) is -0.794. The van der Waals surface area contributed by atoms with E-state index < -0.39 is 17.9 Å². The molecule has 0 heterocycles. The first kappa shape index (κ1) is 19.1. The molecule has 6 nitrogen and oxygen atoms in total. The maximum Gasteiger partial charge on any atom is 0.326 e. The Morgan fingerprint density at radius 3 is 2.48 bits per heavy atom. The smallest absolute Gasteiger partial charge is 0.326 e. The van der Waals surface area contributed by atoms with E-state index >= 15 is 0 Å². The van der Waals surface area contributed by atoms with Gasteiger partial charge in [0.05, 0.1) is 18.7 Å². The Morgan fingerprint density at radius 2 is 2.00 bits per heavy atom. The molecule has 7 heteroatoms. The number of ether oxygens (including phenoxy) is 2. The van der Waals surface area contributed by atoms with Gasteiger partial charge in [0.2, 0.25) is 0 Å². The molecule has 1 amide bonds. The molecule has 0 aromatic heterocycles. The highest BCUT2D eigenvalue weighted by Gasteiger charge is 2.23. The molecule has 0 spiro atoms. The Balaban J connectivity index is 3.03. The summed E-state index contributed by atoms with van der Waals surface area (Å²) in [5, 5.41) is 11.9. The van der Waals surface area contributed by atoms with Crippen LogP contribution in [0.15, 0.2) is 12.1 Å². The maximum atomic E-state index is 12.3. The van der Waals surface area contributed by atoms with Gasteiger partial charge in [0.15, 0.2) is 11.5 Å². The molecule has 0 unspecified atom stereocenters. The molecule has 1 aromatic rings. The zero-order valence-corrected chi connectivity index (χ0v) is 14.4. The van der Waals surface area contributed by atoms with Crippen LogP contribution in [-0.2, 0) is 4.79 Å². The fourth-order valence-corrected chi connectivity index (χ4v) is 2.34. The number of aliphatic carboxylic acids is 1. The van der Waals surface area contributed by atoms with E-state index in [9.17, 15) is 14.7 Å². The van der Waals surface area contributed by atoms with Crippen LogP contribution in [0.1, 0.15) is 37.6 Å². The van der Waals surface area contributed by atoms with Gasteiger partial charge in [-0.25, -0.2) is 4.79 Å². The van der Waals surface area contributed by atoms with Crippen molar-refractivity contribution in [3.8, 4) is 11.5 Å². The molecule has 0 bridgehead atoms. The van der Waals surface area contributed by atoms with Crippen LogP contribution in [0, 0.1) is 5.92 Å². The average molecular weight is 344 g/mol. The van der Waals surface area contributed by atoms with E-state index in [1.165, 1.54) is 19.2 Å². The lowest BCUT2D eigenvalue weighted by atomic mass is 10.0. The van der Waals surface area contributed by atoms with Crippen LogP contribution in [0.3, 0.4) is 0 Å². The van der Waals surface area contributed by atoms with Crippen molar-refractivity contribution in [3.63, 3.8) is 0 Å². The molecule has 1 aromatic carbocycles. The molecular formula is C16H22ClNO5. The van der Waals surface area contributed by atoms with Gasteiger partial charge in [-0.05, 0) is 31.4 Å². The first-order chi connectivity index (χ1) is 10.8. The number of methoxy groups -OCH3 is 1. The Morgan fingerprint density at radius 1 is 1.35 bits per heavy atom. The van der Waals surface area contributed by atoms with Crippen LogP contribution in [0.2, 0.25) is 5.02 Å². The first-order valence-electron chi connectivity index (χ1n) is 7.34. The molecule has 1 atom stereocenters. The molecule has 0 aliphatic heterocycles. The predicted octanol–water partition coefficient (Wildman–Crippen LogP) is 2.98. The lowest BCUT2D eigenvalue weighted by Crippen LogP contribution is -2.41. The first-order valence-corrected chi connectivity index (χ1v) is 7.71. The van der Waals surface area contributed by atoms with Gasteiger partial charge in [-0.15, -0.1) is 0 Å². The molecule has 23 heavy (non-hydrogen) atoms. The Bertz CT molecular complexity index is 574. The highest BCUT2D eigenvalue weighted by Crippen LogP contribution is 2.36. The number of nitrogens with one attached hydrogen (secondary N) is 1. The summed E-state index contributed by atoms with van der Waals surface area (Å²) in [6, 6.07) is 1.94. The number of amides is 1. The monoisotopic (exact) mass is 343 g/mol. The number of hydrogen-bond donors (Lipinski definition) is 2. The molecule has 0 saturated carbocycles. The second-order valence-electron chi connectivity index (χ2n) is 5.42. The van der Waals surface area contributed by atoms with Crippen LogP contribution < -0.4 is 14.8 Å². The number of halogens is 1. The van der Waals surface area contributed by atoms with Gasteiger partial charge in [-0.3, -0.25) is 4.79 Å². The third kappa shape index (κ3) is 5.32. The van der Waals surface area contributed by atoms with Crippen LogP contribution >= 0.6 is 11.6 Å². The third-order valence-corrected chi connectivity index (χ3v) is 3.37. The van der Waals surface area contributed by atoms with Gasteiger partial charge in [-0.2, -0.15) is 0 Å². The molecule has 1 rings (SSSR count). The maximum absolute atomic E-state index is 12.3. The lowest BCUT2D eigenvalue weighted by Gasteiger charge is -2.17. The number of rotatable bonds is 8. The zero-order chi connectivity index (χ0) is 17.6. The van der Waals surface area contributed by atoms with Gasteiger partial charge in [0.25, 0.3) is 5.91 Å². The van der Waals surface area contributed by atoms with Crippen molar-refractivity contribution in [1.82, 2.24) is 5.32 Å². The van der Waals surface area contributed by atoms with E-state index in [2.05, 4.69) is 5.32 Å². The second kappa shape index (κ2) is 8.62. The largest absolute Gasteiger partial charge is 0.493 e. The van der Waals surface area contributed by atoms with Gasteiger partial charge in [-0.1, -0.05) is 25.4 Å². The molecule has 0 radical (unpaired) electrons. The minimum Gasteiger partial charge on any atom is -0.493 e. The predicted molar refractivity (Wildman–Crippen MR) is 87.5 cm³/mol. The van der Waals surface area contributed by atoms with Crippen molar-refractivity contribution < 1.29 is 24.2 Å². The van der Waals surface area contributed by atoms with E-state index in [0.29, 0.717) is 24.5 Å². The lowest BCUT2D eigenvalue weighted by molar-refractivity contribution is -0.139.